The first-order valence-corrected chi connectivity index (χ1v) is 7.21. The first kappa shape index (κ1) is 15.3. The molecule has 0 spiro atoms. The maximum atomic E-state index is 12.1. The smallest absolute Gasteiger partial charge is 0.270 e. The maximum Gasteiger partial charge on any atom is 0.270 e. The number of carbonyl (C=O) groups excluding carboxylic acids is 2. The number of halogens is 1. The molecular weight excluding hydrogens is 334 g/mol. The molecule has 110 valence electrons. The van der Waals surface area contributed by atoms with Gasteiger partial charge in [0.1, 0.15) is 5.69 Å². The van der Waals surface area contributed by atoms with Crippen LogP contribution in [0.2, 0.25) is 0 Å². The average molecular weight is 350 g/mol. The summed E-state index contributed by atoms with van der Waals surface area (Å²) < 4.78 is 0.795. The highest BCUT2D eigenvalue weighted by Gasteiger charge is 2.16. The van der Waals surface area contributed by atoms with E-state index >= 15 is 0 Å². The highest BCUT2D eigenvalue weighted by atomic mass is 79.9. The van der Waals surface area contributed by atoms with Gasteiger partial charge in [0.15, 0.2) is 0 Å². The van der Waals surface area contributed by atoms with Gasteiger partial charge in [0, 0.05) is 23.4 Å². The van der Waals surface area contributed by atoms with Crippen molar-refractivity contribution in [2.24, 2.45) is 0 Å². The van der Waals surface area contributed by atoms with Crippen molar-refractivity contribution in [2.45, 2.75) is 6.92 Å². The molecule has 0 saturated carbocycles. The summed E-state index contributed by atoms with van der Waals surface area (Å²) in [7, 11) is 1.59. The minimum atomic E-state index is -0.236. The number of amides is 2. The van der Waals surface area contributed by atoms with Crippen LogP contribution in [0.1, 0.15) is 16.1 Å². The Kier molecular flexibility index (Phi) is 4.80. The average Bonchev–Trinajstić information content (AvgIpc) is 2.87. The molecule has 0 aliphatic carbocycles. The zero-order valence-corrected chi connectivity index (χ0v) is 13.4. The summed E-state index contributed by atoms with van der Waals surface area (Å²) in [6.07, 6.45) is 1.67. The molecule has 0 unspecified atom stereocenters. The molecule has 2 aromatic rings. The van der Waals surface area contributed by atoms with Gasteiger partial charge in [-0.2, -0.15) is 0 Å². The molecule has 0 aliphatic heterocycles. The van der Waals surface area contributed by atoms with Crippen molar-refractivity contribution in [1.82, 2.24) is 9.88 Å². The van der Waals surface area contributed by atoms with Gasteiger partial charge in [-0.15, -0.1) is 0 Å². The van der Waals surface area contributed by atoms with Crippen molar-refractivity contribution < 1.29 is 9.59 Å². The molecule has 2 rings (SSSR count). The molecule has 5 nitrogen and oxygen atoms in total. The fraction of sp³-hybridized carbons (Fsp3) is 0.200. The van der Waals surface area contributed by atoms with E-state index in [1.807, 2.05) is 31.2 Å². The highest BCUT2D eigenvalue weighted by Crippen LogP contribution is 2.12. The van der Waals surface area contributed by atoms with Crippen LogP contribution < -0.4 is 5.32 Å². The number of aromatic amines is 1. The van der Waals surface area contributed by atoms with Crippen LogP contribution in [0.3, 0.4) is 0 Å². The van der Waals surface area contributed by atoms with Crippen LogP contribution in [-0.4, -0.2) is 35.3 Å². The molecular formula is C15H16BrN3O2. The number of carbonyl (C=O) groups is 2. The van der Waals surface area contributed by atoms with Gasteiger partial charge in [-0.1, -0.05) is 17.7 Å². The lowest BCUT2D eigenvalue weighted by atomic mass is 10.2. The first-order valence-electron chi connectivity index (χ1n) is 6.41. The van der Waals surface area contributed by atoms with E-state index in [0.717, 1.165) is 10.0 Å². The van der Waals surface area contributed by atoms with E-state index in [4.69, 9.17) is 0 Å². The summed E-state index contributed by atoms with van der Waals surface area (Å²) in [5.74, 6) is -0.472. The Morgan fingerprint density at radius 3 is 2.52 bits per heavy atom. The van der Waals surface area contributed by atoms with Crippen molar-refractivity contribution in [3.63, 3.8) is 0 Å². The fourth-order valence-electron chi connectivity index (χ4n) is 1.82. The van der Waals surface area contributed by atoms with Crippen LogP contribution in [0, 0.1) is 6.92 Å². The second-order valence-electron chi connectivity index (χ2n) is 4.81. The molecule has 0 atom stereocenters. The van der Waals surface area contributed by atoms with Gasteiger partial charge in [-0.05, 0) is 41.1 Å². The van der Waals surface area contributed by atoms with Gasteiger partial charge >= 0.3 is 0 Å². The van der Waals surface area contributed by atoms with Crippen LogP contribution in [0.4, 0.5) is 5.69 Å². The van der Waals surface area contributed by atoms with Crippen molar-refractivity contribution in [3.05, 3.63) is 52.3 Å². The molecule has 0 saturated heterocycles. The summed E-state index contributed by atoms with van der Waals surface area (Å²) in [6.45, 7) is 1.97. The lowest BCUT2D eigenvalue weighted by Gasteiger charge is -2.16. The second kappa shape index (κ2) is 6.58. The summed E-state index contributed by atoms with van der Waals surface area (Å²) in [4.78, 5) is 28.2. The molecule has 1 aromatic carbocycles. The van der Waals surface area contributed by atoms with Gasteiger partial charge < -0.3 is 15.2 Å². The van der Waals surface area contributed by atoms with E-state index in [9.17, 15) is 9.59 Å². The third kappa shape index (κ3) is 4.19. The Morgan fingerprint density at radius 1 is 1.29 bits per heavy atom. The topological polar surface area (TPSA) is 65.2 Å². The number of nitrogens with one attached hydrogen (secondary N) is 2. The molecule has 2 N–H and O–H groups in total. The van der Waals surface area contributed by atoms with E-state index < -0.39 is 0 Å². The van der Waals surface area contributed by atoms with Crippen molar-refractivity contribution >= 4 is 33.4 Å². The minimum Gasteiger partial charge on any atom is -0.356 e. The lowest BCUT2D eigenvalue weighted by molar-refractivity contribution is -0.116. The fourth-order valence-corrected chi connectivity index (χ4v) is 2.17. The van der Waals surface area contributed by atoms with Crippen molar-refractivity contribution in [3.8, 4) is 0 Å². The van der Waals surface area contributed by atoms with E-state index in [1.165, 1.54) is 4.90 Å². The number of H-pyrrole nitrogens is 1. The van der Waals surface area contributed by atoms with Crippen molar-refractivity contribution in [2.75, 3.05) is 18.9 Å². The first-order chi connectivity index (χ1) is 9.95. The number of hydrogen-bond donors (Lipinski definition) is 2. The second-order valence-corrected chi connectivity index (χ2v) is 5.72. The zero-order valence-electron chi connectivity index (χ0n) is 11.8. The molecule has 0 fully saturated rings. The zero-order chi connectivity index (χ0) is 15.4. The Labute approximate surface area is 131 Å². The van der Waals surface area contributed by atoms with Gasteiger partial charge in [-0.3, -0.25) is 9.59 Å². The van der Waals surface area contributed by atoms with Crippen LogP contribution in [0.5, 0.6) is 0 Å². The molecule has 21 heavy (non-hydrogen) atoms. The predicted molar refractivity (Wildman–Crippen MR) is 85.3 cm³/mol. The highest BCUT2D eigenvalue weighted by molar-refractivity contribution is 9.10. The number of anilines is 1. The van der Waals surface area contributed by atoms with Crippen molar-refractivity contribution in [1.29, 1.82) is 0 Å². The van der Waals surface area contributed by atoms with Gasteiger partial charge in [0.05, 0.1) is 6.54 Å². The maximum absolute atomic E-state index is 12.1. The number of rotatable bonds is 4. The number of aromatic nitrogens is 1. The number of likely N-dealkylation sites (N-methyl/N-ethyl adjacent to an activating group) is 1. The monoisotopic (exact) mass is 349 g/mol. The molecule has 0 bridgehead atoms. The van der Waals surface area contributed by atoms with Gasteiger partial charge in [0.2, 0.25) is 5.91 Å². The van der Waals surface area contributed by atoms with E-state index in [1.54, 1.807) is 19.3 Å². The predicted octanol–water partition coefficient (Wildman–Crippen LogP) is 2.80. The van der Waals surface area contributed by atoms with Crippen LogP contribution in [-0.2, 0) is 4.79 Å². The molecule has 2 amide bonds. The summed E-state index contributed by atoms with van der Waals surface area (Å²) in [5.41, 5.74) is 2.28. The molecule has 1 aromatic heterocycles. The Morgan fingerprint density at radius 2 is 1.95 bits per heavy atom. The largest absolute Gasteiger partial charge is 0.356 e. The normalized spacial score (nSPS) is 10.2. The number of aryl methyl sites for hydroxylation is 1. The van der Waals surface area contributed by atoms with E-state index in [2.05, 4.69) is 26.2 Å². The minimum absolute atomic E-state index is 0.0106. The lowest BCUT2D eigenvalue weighted by Crippen LogP contribution is -2.35. The molecule has 0 radical (unpaired) electrons. The Bertz CT molecular complexity index is 649. The quantitative estimate of drug-likeness (QED) is 0.891. The Balaban J connectivity index is 1.92. The third-order valence-electron chi connectivity index (χ3n) is 2.94. The summed E-state index contributed by atoms with van der Waals surface area (Å²) in [5, 5.41) is 2.76. The standard InChI is InChI=1S/C15H16BrN3O2/c1-10-3-5-12(6-4-10)18-14(20)9-19(2)15(21)13-7-11(16)8-17-13/h3-8,17H,9H2,1-2H3,(H,18,20). The molecule has 0 aliphatic rings. The van der Waals surface area contributed by atoms with E-state index in [0.29, 0.717) is 11.4 Å². The third-order valence-corrected chi connectivity index (χ3v) is 3.40. The van der Waals surface area contributed by atoms with E-state index in [-0.39, 0.29) is 18.4 Å². The molecule has 6 heteroatoms. The number of benzene rings is 1. The SMILES string of the molecule is Cc1ccc(NC(=O)CN(C)C(=O)c2cc(Br)c[nH]2)cc1. The van der Waals surface area contributed by atoms with Crippen LogP contribution >= 0.6 is 15.9 Å². The Hall–Kier alpha value is -2.08. The number of nitrogens with zero attached hydrogens (tertiary/aromatic N) is 1. The summed E-state index contributed by atoms with van der Waals surface area (Å²) in [6, 6.07) is 9.17. The summed E-state index contributed by atoms with van der Waals surface area (Å²) >= 11 is 3.27. The van der Waals surface area contributed by atoms with Crippen LogP contribution in [0.15, 0.2) is 41.0 Å². The van der Waals surface area contributed by atoms with Gasteiger partial charge in [-0.25, -0.2) is 0 Å². The number of hydrogen-bond acceptors (Lipinski definition) is 2. The molecule has 1 heterocycles. The van der Waals surface area contributed by atoms with Gasteiger partial charge in [0.25, 0.3) is 5.91 Å². The van der Waals surface area contributed by atoms with Crippen LogP contribution in [0.25, 0.3) is 0 Å².